The lowest BCUT2D eigenvalue weighted by molar-refractivity contribution is -0.116. The summed E-state index contributed by atoms with van der Waals surface area (Å²) in [6.07, 6.45) is 0.773. The number of rotatable bonds is 5. The Labute approximate surface area is 171 Å². The SMILES string of the molecule is CC(=O)N1CCc2cc(C(=O)NCC3CN(Cc4ccccc4)CCO3)ccc21. The summed E-state index contributed by atoms with van der Waals surface area (Å²) >= 11 is 0. The van der Waals surface area contributed by atoms with Crippen LogP contribution in [0.2, 0.25) is 0 Å². The molecule has 0 aliphatic carbocycles. The van der Waals surface area contributed by atoms with Crippen LogP contribution >= 0.6 is 0 Å². The third-order valence-corrected chi connectivity index (χ3v) is 5.58. The second-order valence-corrected chi connectivity index (χ2v) is 7.69. The number of benzene rings is 2. The van der Waals surface area contributed by atoms with Gasteiger partial charge in [-0.3, -0.25) is 14.5 Å². The van der Waals surface area contributed by atoms with Gasteiger partial charge in [0, 0.05) is 50.9 Å². The van der Waals surface area contributed by atoms with Gasteiger partial charge in [0.2, 0.25) is 5.91 Å². The molecule has 2 heterocycles. The van der Waals surface area contributed by atoms with Crippen LogP contribution in [0, 0.1) is 0 Å². The highest BCUT2D eigenvalue weighted by atomic mass is 16.5. The Morgan fingerprint density at radius 2 is 1.97 bits per heavy atom. The minimum absolute atomic E-state index is 0.0148. The van der Waals surface area contributed by atoms with Gasteiger partial charge in [0.1, 0.15) is 0 Å². The molecule has 6 heteroatoms. The van der Waals surface area contributed by atoms with Crippen molar-refractivity contribution in [3.63, 3.8) is 0 Å². The molecule has 2 aromatic carbocycles. The van der Waals surface area contributed by atoms with Gasteiger partial charge in [0.15, 0.2) is 0 Å². The molecule has 1 saturated heterocycles. The fourth-order valence-electron chi connectivity index (χ4n) is 4.07. The highest BCUT2D eigenvalue weighted by Gasteiger charge is 2.24. The van der Waals surface area contributed by atoms with Crippen molar-refractivity contribution in [2.75, 3.05) is 37.7 Å². The van der Waals surface area contributed by atoms with E-state index >= 15 is 0 Å². The quantitative estimate of drug-likeness (QED) is 0.846. The third kappa shape index (κ3) is 4.66. The number of carbonyl (C=O) groups excluding carboxylic acids is 2. The van der Waals surface area contributed by atoms with Crippen LogP contribution in [-0.4, -0.2) is 55.6 Å². The van der Waals surface area contributed by atoms with Crippen LogP contribution in [0.3, 0.4) is 0 Å². The van der Waals surface area contributed by atoms with Crippen LogP contribution in [-0.2, 0) is 22.5 Å². The number of morpholine rings is 1. The van der Waals surface area contributed by atoms with Gasteiger partial charge < -0.3 is 15.0 Å². The fraction of sp³-hybridized carbons (Fsp3) is 0.391. The van der Waals surface area contributed by atoms with Crippen molar-refractivity contribution in [2.45, 2.75) is 26.0 Å². The molecule has 2 aromatic rings. The predicted octanol–water partition coefficient (Wildman–Crippen LogP) is 2.23. The summed E-state index contributed by atoms with van der Waals surface area (Å²) in [5.74, 6) is -0.0617. The van der Waals surface area contributed by atoms with Crippen LogP contribution in [0.25, 0.3) is 0 Å². The molecule has 2 aliphatic heterocycles. The molecule has 2 amide bonds. The third-order valence-electron chi connectivity index (χ3n) is 5.58. The number of carbonyl (C=O) groups is 2. The first-order valence-electron chi connectivity index (χ1n) is 10.2. The number of ether oxygens (including phenoxy) is 1. The van der Waals surface area contributed by atoms with Gasteiger partial charge in [-0.2, -0.15) is 0 Å². The Morgan fingerprint density at radius 1 is 1.14 bits per heavy atom. The molecule has 29 heavy (non-hydrogen) atoms. The first-order valence-corrected chi connectivity index (χ1v) is 10.2. The van der Waals surface area contributed by atoms with Crippen LogP contribution in [0.1, 0.15) is 28.4 Å². The number of nitrogens with one attached hydrogen (secondary N) is 1. The molecule has 1 atom stereocenters. The zero-order valence-corrected chi connectivity index (χ0v) is 16.8. The van der Waals surface area contributed by atoms with Gasteiger partial charge in [-0.15, -0.1) is 0 Å². The Bertz CT molecular complexity index is 884. The summed E-state index contributed by atoms with van der Waals surface area (Å²) < 4.78 is 5.85. The molecule has 1 fully saturated rings. The van der Waals surface area contributed by atoms with Crippen molar-refractivity contribution in [1.29, 1.82) is 0 Å². The maximum absolute atomic E-state index is 12.6. The average molecular weight is 393 g/mol. The highest BCUT2D eigenvalue weighted by molar-refractivity contribution is 5.97. The molecule has 1 N–H and O–H groups in total. The van der Waals surface area contributed by atoms with E-state index in [2.05, 4.69) is 34.5 Å². The van der Waals surface area contributed by atoms with E-state index in [1.807, 2.05) is 18.2 Å². The summed E-state index contributed by atoms with van der Waals surface area (Å²) in [5.41, 5.74) is 3.89. The van der Waals surface area contributed by atoms with Crippen molar-refractivity contribution >= 4 is 17.5 Å². The fourth-order valence-corrected chi connectivity index (χ4v) is 4.07. The molecule has 0 radical (unpaired) electrons. The Morgan fingerprint density at radius 3 is 2.76 bits per heavy atom. The maximum atomic E-state index is 12.6. The Balaban J connectivity index is 1.31. The topological polar surface area (TPSA) is 61.9 Å². The summed E-state index contributed by atoms with van der Waals surface area (Å²) in [6, 6.07) is 16.0. The summed E-state index contributed by atoms with van der Waals surface area (Å²) in [6.45, 7) is 6.01. The van der Waals surface area contributed by atoms with Crippen molar-refractivity contribution < 1.29 is 14.3 Å². The van der Waals surface area contributed by atoms with E-state index in [9.17, 15) is 9.59 Å². The number of anilines is 1. The van der Waals surface area contributed by atoms with E-state index in [1.54, 1.807) is 17.9 Å². The minimum atomic E-state index is -0.0992. The predicted molar refractivity (Wildman–Crippen MR) is 112 cm³/mol. The standard InChI is InChI=1S/C23H27N3O3/c1-17(27)26-10-9-19-13-20(7-8-22(19)26)23(28)24-14-21-16-25(11-12-29-21)15-18-5-3-2-4-6-18/h2-8,13,21H,9-12,14-16H2,1H3,(H,24,28). The van der Waals surface area contributed by atoms with Crippen LogP contribution in [0.4, 0.5) is 5.69 Å². The summed E-state index contributed by atoms with van der Waals surface area (Å²) in [4.78, 5) is 28.4. The monoisotopic (exact) mass is 393 g/mol. The Kier molecular flexibility index (Phi) is 5.92. The molecule has 1 unspecified atom stereocenters. The van der Waals surface area contributed by atoms with E-state index in [-0.39, 0.29) is 17.9 Å². The molecule has 4 rings (SSSR count). The highest BCUT2D eigenvalue weighted by Crippen LogP contribution is 2.28. The second kappa shape index (κ2) is 8.76. The lowest BCUT2D eigenvalue weighted by Crippen LogP contribution is -2.47. The molecule has 0 aromatic heterocycles. The lowest BCUT2D eigenvalue weighted by Gasteiger charge is -2.33. The zero-order chi connectivity index (χ0) is 20.2. The van der Waals surface area contributed by atoms with Gasteiger partial charge in [-0.25, -0.2) is 0 Å². The van der Waals surface area contributed by atoms with Crippen molar-refractivity contribution in [3.05, 3.63) is 65.2 Å². The molecule has 2 aliphatic rings. The van der Waals surface area contributed by atoms with Crippen molar-refractivity contribution in [3.8, 4) is 0 Å². The molecule has 6 nitrogen and oxygen atoms in total. The first-order chi connectivity index (χ1) is 14.1. The van der Waals surface area contributed by atoms with E-state index in [1.165, 1.54) is 5.56 Å². The summed E-state index contributed by atoms with van der Waals surface area (Å²) in [5, 5.41) is 3.01. The van der Waals surface area contributed by atoms with Gasteiger partial charge in [0.05, 0.1) is 12.7 Å². The minimum Gasteiger partial charge on any atom is -0.374 e. The summed E-state index contributed by atoms with van der Waals surface area (Å²) in [7, 11) is 0. The van der Waals surface area contributed by atoms with Crippen LogP contribution in [0.5, 0.6) is 0 Å². The lowest BCUT2D eigenvalue weighted by atomic mass is 10.1. The molecular formula is C23H27N3O3. The molecule has 0 saturated carbocycles. The number of hydrogen-bond acceptors (Lipinski definition) is 4. The van der Waals surface area contributed by atoms with E-state index in [0.29, 0.717) is 25.3 Å². The van der Waals surface area contributed by atoms with Crippen LogP contribution in [0.15, 0.2) is 48.5 Å². The zero-order valence-electron chi connectivity index (χ0n) is 16.8. The van der Waals surface area contributed by atoms with E-state index < -0.39 is 0 Å². The largest absolute Gasteiger partial charge is 0.374 e. The second-order valence-electron chi connectivity index (χ2n) is 7.69. The first kappa shape index (κ1) is 19.6. The van der Waals surface area contributed by atoms with Gasteiger partial charge in [-0.05, 0) is 35.7 Å². The van der Waals surface area contributed by atoms with E-state index in [4.69, 9.17) is 4.74 Å². The van der Waals surface area contributed by atoms with Gasteiger partial charge in [0.25, 0.3) is 5.91 Å². The Hall–Kier alpha value is -2.70. The maximum Gasteiger partial charge on any atom is 0.251 e. The number of amides is 2. The van der Waals surface area contributed by atoms with Crippen molar-refractivity contribution in [2.24, 2.45) is 0 Å². The van der Waals surface area contributed by atoms with Crippen molar-refractivity contribution in [1.82, 2.24) is 10.2 Å². The van der Waals surface area contributed by atoms with Gasteiger partial charge in [-0.1, -0.05) is 30.3 Å². The molecule has 0 bridgehead atoms. The average Bonchev–Trinajstić information content (AvgIpc) is 3.16. The number of fused-ring (bicyclic) bond motifs is 1. The number of nitrogens with zero attached hydrogens (tertiary/aromatic N) is 2. The molecular weight excluding hydrogens is 366 g/mol. The number of hydrogen-bond donors (Lipinski definition) is 1. The van der Waals surface area contributed by atoms with Crippen LogP contribution < -0.4 is 10.2 Å². The van der Waals surface area contributed by atoms with E-state index in [0.717, 1.165) is 37.3 Å². The molecule has 0 spiro atoms. The molecule has 152 valence electrons. The normalized spacial score (nSPS) is 19.1. The van der Waals surface area contributed by atoms with Gasteiger partial charge >= 0.3 is 0 Å². The smallest absolute Gasteiger partial charge is 0.251 e.